The van der Waals surface area contributed by atoms with E-state index in [1.807, 2.05) is 0 Å². The Morgan fingerprint density at radius 2 is 2.10 bits per heavy atom. The van der Waals surface area contributed by atoms with E-state index in [-0.39, 0.29) is 5.57 Å². The minimum atomic E-state index is -1.16. The van der Waals surface area contributed by atoms with Crippen LogP contribution < -0.4 is 10.8 Å². The Morgan fingerprint density at radius 1 is 1.50 bits per heavy atom. The molecule has 0 radical (unpaired) electrons. The van der Waals surface area contributed by atoms with Gasteiger partial charge in [-0.05, 0) is 31.4 Å². The largest absolute Gasteiger partial charge is 0.545 e. The third-order valence-corrected chi connectivity index (χ3v) is 1.22. The summed E-state index contributed by atoms with van der Waals surface area (Å²) in [5.74, 6) is -1.16. The second kappa shape index (κ2) is 4.99. The van der Waals surface area contributed by atoms with Crippen molar-refractivity contribution < 1.29 is 9.90 Å². The number of nitrogens with two attached hydrogens (primary N) is 1. The molecule has 0 bridgehead atoms. The molecule has 0 saturated heterocycles. The van der Waals surface area contributed by atoms with Crippen molar-refractivity contribution >= 4 is 5.97 Å². The van der Waals surface area contributed by atoms with E-state index in [1.165, 1.54) is 0 Å². The summed E-state index contributed by atoms with van der Waals surface area (Å²) in [7, 11) is 0. The van der Waals surface area contributed by atoms with Gasteiger partial charge in [-0.2, -0.15) is 0 Å². The van der Waals surface area contributed by atoms with E-state index >= 15 is 0 Å². The van der Waals surface area contributed by atoms with Crippen LogP contribution in [0.3, 0.4) is 0 Å². The highest BCUT2D eigenvalue weighted by Gasteiger charge is 1.93. The summed E-state index contributed by atoms with van der Waals surface area (Å²) in [4.78, 5) is 10.1. The van der Waals surface area contributed by atoms with Gasteiger partial charge in [0.05, 0.1) is 5.97 Å². The molecule has 0 rings (SSSR count). The molecular weight excluding hydrogens is 130 g/mol. The lowest BCUT2D eigenvalue weighted by molar-refractivity contribution is -0.299. The maximum absolute atomic E-state index is 10.1. The van der Waals surface area contributed by atoms with Crippen molar-refractivity contribution in [2.45, 2.75) is 19.3 Å². The Labute approximate surface area is 60.5 Å². The first-order valence-electron chi connectivity index (χ1n) is 3.27. The lowest BCUT2D eigenvalue weighted by Gasteiger charge is -2.04. The van der Waals surface area contributed by atoms with Crippen LogP contribution in [0.5, 0.6) is 0 Å². The van der Waals surface area contributed by atoms with Gasteiger partial charge in [-0.3, -0.25) is 0 Å². The molecular formula is C7H12NO2-. The van der Waals surface area contributed by atoms with Gasteiger partial charge in [0.1, 0.15) is 0 Å². The summed E-state index contributed by atoms with van der Waals surface area (Å²) in [6.45, 7) is 3.92. The van der Waals surface area contributed by atoms with Crippen molar-refractivity contribution in [3.63, 3.8) is 0 Å². The second-order valence-electron chi connectivity index (χ2n) is 2.14. The smallest absolute Gasteiger partial charge is 0.0668 e. The zero-order chi connectivity index (χ0) is 7.98. The lowest BCUT2D eigenvalue weighted by atomic mass is 10.1. The number of carboxylic acid groups (broad SMARTS) is 1. The molecule has 0 fully saturated rings. The van der Waals surface area contributed by atoms with Crippen molar-refractivity contribution in [1.29, 1.82) is 0 Å². The van der Waals surface area contributed by atoms with Crippen LogP contribution >= 0.6 is 0 Å². The number of rotatable bonds is 5. The number of unbranched alkanes of at least 4 members (excludes halogenated alkanes) is 1. The van der Waals surface area contributed by atoms with Crippen LogP contribution in [0.2, 0.25) is 0 Å². The Kier molecular flexibility index (Phi) is 4.58. The number of carbonyl (C=O) groups is 1. The standard InChI is InChI=1S/C7H13NO2/c1-6(7(9)10)4-2-3-5-8/h1-5,8H2,(H,9,10)/p-1. The van der Waals surface area contributed by atoms with E-state index in [9.17, 15) is 9.90 Å². The molecule has 0 heterocycles. The summed E-state index contributed by atoms with van der Waals surface area (Å²) in [5, 5.41) is 10.1. The molecule has 0 saturated carbocycles. The van der Waals surface area contributed by atoms with Crippen LogP contribution in [0.25, 0.3) is 0 Å². The van der Waals surface area contributed by atoms with Gasteiger partial charge in [0.15, 0.2) is 0 Å². The monoisotopic (exact) mass is 142 g/mol. The van der Waals surface area contributed by atoms with Gasteiger partial charge in [-0.15, -0.1) is 0 Å². The molecule has 0 aromatic heterocycles. The summed E-state index contributed by atoms with van der Waals surface area (Å²) < 4.78 is 0. The van der Waals surface area contributed by atoms with E-state index in [1.54, 1.807) is 0 Å². The van der Waals surface area contributed by atoms with Gasteiger partial charge in [-0.25, -0.2) is 0 Å². The maximum Gasteiger partial charge on any atom is 0.0668 e. The van der Waals surface area contributed by atoms with Crippen molar-refractivity contribution in [2.75, 3.05) is 6.54 Å². The Hall–Kier alpha value is -0.830. The van der Waals surface area contributed by atoms with Crippen LogP contribution in [-0.4, -0.2) is 12.5 Å². The zero-order valence-electron chi connectivity index (χ0n) is 5.93. The van der Waals surface area contributed by atoms with E-state index in [4.69, 9.17) is 5.73 Å². The quantitative estimate of drug-likeness (QED) is 0.412. The van der Waals surface area contributed by atoms with Gasteiger partial charge >= 0.3 is 0 Å². The normalized spacial score (nSPS) is 9.30. The summed E-state index contributed by atoms with van der Waals surface area (Å²) in [6, 6.07) is 0. The molecule has 0 atom stereocenters. The average molecular weight is 142 g/mol. The van der Waals surface area contributed by atoms with Crippen molar-refractivity contribution in [3.8, 4) is 0 Å². The highest BCUT2D eigenvalue weighted by atomic mass is 16.4. The summed E-state index contributed by atoms with van der Waals surface area (Å²) in [5.41, 5.74) is 5.36. The van der Waals surface area contributed by atoms with Crippen LogP contribution in [0, 0.1) is 0 Å². The number of carboxylic acids is 1. The fraction of sp³-hybridized carbons (Fsp3) is 0.571. The molecule has 0 amide bonds. The summed E-state index contributed by atoms with van der Waals surface area (Å²) >= 11 is 0. The fourth-order valence-corrected chi connectivity index (χ4v) is 0.585. The molecule has 0 aliphatic carbocycles. The van der Waals surface area contributed by atoms with E-state index in [0.717, 1.165) is 12.8 Å². The number of hydrogen-bond acceptors (Lipinski definition) is 3. The molecule has 0 spiro atoms. The first kappa shape index (κ1) is 9.17. The molecule has 10 heavy (non-hydrogen) atoms. The van der Waals surface area contributed by atoms with E-state index < -0.39 is 5.97 Å². The van der Waals surface area contributed by atoms with Crippen molar-refractivity contribution in [2.24, 2.45) is 5.73 Å². The van der Waals surface area contributed by atoms with Gasteiger partial charge < -0.3 is 15.6 Å². The van der Waals surface area contributed by atoms with Crippen LogP contribution in [0.1, 0.15) is 19.3 Å². The maximum atomic E-state index is 10.1. The third kappa shape index (κ3) is 4.09. The molecule has 0 aliphatic heterocycles. The second-order valence-corrected chi connectivity index (χ2v) is 2.14. The van der Waals surface area contributed by atoms with Crippen molar-refractivity contribution in [3.05, 3.63) is 12.2 Å². The Morgan fingerprint density at radius 3 is 2.50 bits per heavy atom. The third-order valence-electron chi connectivity index (χ3n) is 1.22. The Bertz CT molecular complexity index is 132. The SMILES string of the molecule is C=C(CCCCN)C(=O)[O-]. The van der Waals surface area contributed by atoms with Crippen LogP contribution in [0.4, 0.5) is 0 Å². The van der Waals surface area contributed by atoms with Gasteiger partial charge in [-0.1, -0.05) is 6.58 Å². The van der Waals surface area contributed by atoms with Crippen LogP contribution in [0.15, 0.2) is 12.2 Å². The van der Waals surface area contributed by atoms with Gasteiger partial charge in [0, 0.05) is 0 Å². The molecule has 0 aromatic carbocycles. The molecule has 3 nitrogen and oxygen atoms in total. The summed E-state index contributed by atoms with van der Waals surface area (Å²) in [6.07, 6.45) is 2.11. The Balaban J connectivity index is 3.31. The first-order chi connectivity index (χ1) is 4.68. The predicted molar refractivity (Wildman–Crippen MR) is 37.1 cm³/mol. The molecule has 0 unspecified atom stereocenters. The van der Waals surface area contributed by atoms with Crippen LogP contribution in [-0.2, 0) is 4.79 Å². The first-order valence-corrected chi connectivity index (χ1v) is 3.27. The zero-order valence-corrected chi connectivity index (χ0v) is 5.93. The topological polar surface area (TPSA) is 66.2 Å². The van der Waals surface area contributed by atoms with Gasteiger partial charge in [0.25, 0.3) is 0 Å². The predicted octanol–water partition coefficient (Wildman–Crippen LogP) is -0.579. The number of carbonyl (C=O) groups excluding carboxylic acids is 1. The van der Waals surface area contributed by atoms with E-state index in [2.05, 4.69) is 6.58 Å². The van der Waals surface area contributed by atoms with Crippen molar-refractivity contribution in [1.82, 2.24) is 0 Å². The number of aliphatic carboxylic acids is 1. The number of hydrogen-bond donors (Lipinski definition) is 1. The highest BCUT2D eigenvalue weighted by molar-refractivity contribution is 5.83. The average Bonchev–Trinajstić information content (AvgIpc) is 1.88. The lowest BCUT2D eigenvalue weighted by Crippen LogP contribution is -2.23. The molecule has 2 N–H and O–H groups in total. The highest BCUT2D eigenvalue weighted by Crippen LogP contribution is 2.02. The molecule has 58 valence electrons. The van der Waals surface area contributed by atoms with E-state index in [0.29, 0.717) is 13.0 Å². The molecule has 3 heteroatoms. The van der Waals surface area contributed by atoms with Gasteiger partial charge in [0.2, 0.25) is 0 Å². The minimum Gasteiger partial charge on any atom is -0.545 e. The minimum absolute atomic E-state index is 0.161. The fourth-order valence-electron chi connectivity index (χ4n) is 0.585. The molecule has 0 aromatic rings. The molecule has 0 aliphatic rings.